The molecule has 3 N–H and O–H groups in total. The first-order chi connectivity index (χ1) is 14.1. The van der Waals surface area contributed by atoms with Crippen molar-refractivity contribution in [3.05, 3.63) is 69.5 Å². The van der Waals surface area contributed by atoms with E-state index in [1.165, 1.54) is 22.5 Å². The number of aromatic amines is 1. The van der Waals surface area contributed by atoms with Crippen molar-refractivity contribution in [2.24, 2.45) is 5.92 Å². The highest BCUT2D eigenvalue weighted by atomic mass is 32.1. The Morgan fingerprint density at radius 1 is 1.24 bits per heavy atom. The second-order valence-corrected chi connectivity index (χ2v) is 8.24. The highest BCUT2D eigenvalue weighted by Gasteiger charge is 2.15. The van der Waals surface area contributed by atoms with Crippen LogP contribution in [-0.2, 0) is 13.0 Å². The summed E-state index contributed by atoms with van der Waals surface area (Å²) in [6.45, 7) is 6.28. The first-order valence-electron chi connectivity index (χ1n) is 9.85. The molecule has 150 valence electrons. The minimum Gasteiger partial charge on any atom is -0.347 e. The van der Waals surface area contributed by atoms with Crippen molar-refractivity contribution in [3.8, 4) is 0 Å². The standard InChI is InChI=1S/C22H25N5OS/c1-14-7-8-16(15(14)2)11-24-22(28)19-13-29-21(27-19)9-10-23-12-20-25-17-5-3-4-6-18(17)26-20/h3-8,13-14,23H,9-12H2,1-2H3,(H,24,28)(H,25,26). The fourth-order valence-corrected chi connectivity index (χ4v) is 4.09. The highest BCUT2D eigenvalue weighted by molar-refractivity contribution is 7.09. The maximum absolute atomic E-state index is 12.4. The molecule has 3 aromatic rings. The Morgan fingerprint density at radius 3 is 2.90 bits per heavy atom. The van der Waals surface area contributed by atoms with Crippen molar-refractivity contribution < 1.29 is 4.79 Å². The van der Waals surface area contributed by atoms with E-state index < -0.39 is 0 Å². The maximum Gasteiger partial charge on any atom is 0.271 e. The van der Waals surface area contributed by atoms with Crippen LogP contribution >= 0.6 is 11.3 Å². The van der Waals surface area contributed by atoms with Crippen LogP contribution in [-0.4, -0.2) is 33.9 Å². The van der Waals surface area contributed by atoms with Crippen molar-refractivity contribution in [1.82, 2.24) is 25.6 Å². The number of hydrogen-bond donors (Lipinski definition) is 3. The van der Waals surface area contributed by atoms with E-state index in [0.29, 0.717) is 24.7 Å². The lowest BCUT2D eigenvalue weighted by molar-refractivity contribution is 0.0953. The van der Waals surface area contributed by atoms with E-state index in [9.17, 15) is 4.79 Å². The Kier molecular flexibility index (Phi) is 5.87. The van der Waals surface area contributed by atoms with Crippen LogP contribution in [0.4, 0.5) is 0 Å². The third-order valence-corrected chi connectivity index (χ3v) is 6.15. The maximum atomic E-state index is 12.4. The summed E-state index contributed by atoms with van der Waals surface area (Å²) in [5.41, 5.74) is 5.04. The van der Waals surface area contributed by atoms with Gasteiger partial charge in [0.05, 0.1) is 22.6 Å². The van der Waals surface area contributed by atoms with Gasteiger partial charge in [0.1, 0.15) is 11.5 Å². The molecule has 7 heteroatoms. The zero-order valence-electron chi connectivity index (χ0n) is 16.7. The molecule has 1 atom stereocenters. The quantitative estimate of drug-likeness (QED) is 0.498. The summed E-state index contributed by atoms with van der Waals surface area (Å²) in [5, 5.41) is 9.14. The molecule has 0 fully saturated rings. The third-order valence-electron chi connectivity index (χ3n) is 5.25. The summed E-state index contributed by atoms with van der Waals surface area (Å²) in [6.07, 6.45) is 5.04. The van der Waals surface area contributed by atoms with Crippen LogP contribution in [0, 0.1) is 5.92 Å². The number of allylic oxidation sites excluding steroid dienone is 2. The summed E-state index contributed by atoms with van der Waals surface area (Å²) in [7, 11) is 0. The number of para-hydroxylation sites is 2. The van der Waals surface area contributed by atoms with Gasteiger partial charge in [0.15, 0.2) is 0 Å². The zero-order valence-corrected chi connectivity index (χ0v) is 17.5. The van der Waals surface area contributed by atoms with E-state index in [-0.39, 0.29) is 5.91 Å². The number of aromatic nitrogens is 3. The van der Waals surface area contributed by atoms with E-state index in [2.05, 4.69) is 51.6 Å². The number of thiazole rings is 1. The molecule has 1 unspecified atom stereocenters. The number of nitrogens with one attached hydrogen (secondary N) is 3. The number of carbonyl (C=O) groups excluding carboxylic acids is 1. The normalized spacial score (nSPS) is 16.1. The molecule has 2 aromatic heterocycles. The number of nitrogens with zero attached hydrogens (tertiary/aromatic N) is 2. The number of amides is 1. The molecule has 29 heavy (non-hydrogen) atoms. The van der Waals surface area contributed by atoms with Crippen molar-refractivity contribution in [3.63, 3.8) is 0 Å². The lowest BCUT2D eigenvalue weighted by Gasteiger charge is -2.07. The van der Waals surface area contributed by atoms with Gasteiger partial charge in [-0.3, -0.25) is 4.79 Å². The Labute approximate surface area is 174 Å². The molecule has 0 bridgehead atoms. The molecular weight excluding hydrogens is 382 g/mol. The fourth-order valence-electron chi connectivity index (χ4n) is 3.31. The van der Waals surface area contributed by atoms with Gasteiger partial charge in [-0.2, -0.15) is 0 Å². The molecule has 1 aromatic carbocycles. The molecular formula is C22H25N5OS. The van der Waals surface area contributed by atoms with Crippen LogP contribution in [0.5, 0.6) is 0 Å². The SMILES string of the molecule is CC1=C(CNC(=O)c2csc(CCNCc3nc4ccccc4[nH]3)n2)C=CC1C. The van der Waals surface area contributed by atoms with Crippen LogP contribution < -0.4 is 10.6 Å². The Hall–Kier alpha value is -2.77. The first kappa shape index (κ1) is 19.5. The van der Waals surface area contributed by atoms with Gasteiger partial charge in [0, 0.05) is 24.9 Å². The van der Waals surface area contributed by atoms with E-state index in [1.54, 1.807) is 0 Å². The smallest absolute Gasteiger partial charge is 0.271 e. The number of fused-ring (bicyclic) bond motifs is 1. The summed E-state index contributed by atoms with van der Waals surface area (Å²) in [6, 6.07) is 8.00. The van der Waals surface area contributed by atoms with Gasteiger partial charge >= 0.3 is 0 Å². The third kappa shape index (κ3) is 4.63. The van der Waals surface area contributed by atoms with E-state index in [1.807, 2.05) is 29.6 Å². The molecule has 0 aliphatic heterocycles. The van der Waals surface area contributed by atoms with E-state index >= 15 is 0 Å². The largest absolute Gasteiger partial charge is 0.347 e. The molecule has 1 aliphatic rings. The Balaban J connectivity index is 1.22. The molecule has 1 amide bonds. The lowest BCUT2D eigenvalue weighted by Crippen LogP contribution is -2.26. The number of imidazole rings is 1. The molecule has 0 spiro atoms. The van der Waals surface area contributed by atoms with Crippen molar-refractivity contribution >= 4 is 28.3 Å². The summed E-state index contributed by atoms with van der Waals surface area (Å²) >= 11 is 1.53. The van der Waals surface area contributed by atoms with Crippen LogP contribution in [0.25, 0.3) is 11.0 Å². The Bertz CT molecular complexity index is 1040. The van der Waals surface area contributed by atoms with Crippen LogP contribution in [0.15, 0.2) is 52.9 Å². The van der Waals surface area contributed by atoms with Gasteiger partial charge in [-0.05, 0) is 30.5 Å². The Morgan fingerprint density at radius 2 is 2.10 bits per heavy atom. The summed E-state index contributed by atoms with van der Waals surface area (Å²) in [4.78, 5) is 24.7. The monoisotopic (exact) mass is 407 g/mol. The van der Waals surface area contributed by atoms with Gasteiger partial charge in [-0.15, -0.1) is 11.3 Å². The zero-order chi connectivity index (χ0) is 20.2. The van der Waals surface area contributed by atoms with Crippen molar-refractivity contribution in [2.45, 2.75) is 26.8 Å². The minimum atomic E-state index is -0.115. The number of hydrogen-bond acceptors (Lipinski definition) is 5. The highest BCUT2D eigenvalue weighted by Crippen LogP contribution is 2.23. The average molecular weight is 408 g/mol. The lowest BCUT2D eigenvalue weighted by atomic mass is 10.0. The first-order valence-corrected chi connectivity index (χ1v) is 10.7. The van der Waals surface area contributed by atoms with Crippen LogP contribution in [0.2, 0.25) is 0 Å². The van der Waals surface area contributed by atoms with Gasteiger partial charge in [-0.25, -0.2) is 9.97 Å². The van der Waals surface area contributed by atoms with Gasteiger partial charge in [-0.1, -0.05) is 36.8 Å². The number of H-pyrrole nitrogens is 1. The second kappa shape index (κ2) is 8.71. The molecule has 6 nitrogen and oxygen atoms in total. The summed E-state index contributed by atoms with van der Waals surface area (Å²) < 4.78 is 0. The topological polar surface area (TPSA) is 82.7 Å². The fraction of sp³-hybridized carbons (Fsp3) is 0.318. The van der Waals surface area contributed by atoms with Gasteiger partial charge in [0.25, 0.3) is 5.91 Å². The molecule has 0 saturated heterocycles. The minimum absolute atomic E-state index is 0.115. The molecule has 2 heterocycles. The summed E-state index contributed by atoms with van der Waals surface area (Å²) in [5.74, 6) is 1.26. The number of benzene rings is 1. The van der Waals surface area contributed by atoms with Crippen molar-refractivity contribution in [2.75, 3.05) is 13.1 Å². The number of rotatable bonds is 8. The second-order valence-electron chi connectivity index (χ2n) is 7.29. The van der Waals surface area contributed by atoms with E-state index in [4.69, 9.17) is 0 Å². The molecule has 0 radical (unpaired) electrons. The number of carbonyl (C=O) groups is 1. The molecule has 1 aliphatic carbocycles. The molecule has 0 saturated carbocycles. The van der Waals surface area contributed by atoms with Crippen LogP contribution in [0.1, 0.15) is 35.2 Å². The van der Waals surface area contributed by atoms with Crippen molar-refractivity contribution in [1.29, 1.82) is 0 Å². The average Bonchev–Trinajstić information content (AvgIpc) is 3.43. The molecule has 4 rings (SSSR count). The van der Waals surface area contributed by atoms with E-state index in [0.717, 1.165) is 34.8 Å². The predicted molar refractivity (Wildman–Crippen MR) is 117 cm³/mol. The van der Waals surface area contributed by atoms with Crippen LogP contribution in [0.3, 0.4) is 0 Å². The predicted octanol–water partition coefficient (Wildman–Crippen LogP) is 3.60. The van der Waals surface area contributed by atoms with Gasteiger partial charge < -0.3 is 15.6 Å². The van der Waals surface area contributed by atoms with Gasteiger partial charge in [0.2, 0.25) is 0 Å².